The van der Waals surface area contributed by atoms with E-state index in [9.17, 15) is 0 Å². The molecule has 1 aromatic heterocycles. The van der Waals surface area contributed by atoms with E-state index in [0.29, 0.717) is 21.0 Å². The number of nitrogens with zero attached hydrogens (tertiary/aromatic N) is 2. The van der Waals surface area contributed by atoms with E-state index in [4.69, 9.17) is 40.5 Å². The molecule has 0 amide bonds. The van der Waals surface area contributed by atoms with Gasteiger partial charge >= 0.3 is 0 Å². The van der Waals surface area contributed by atoms with Crippen LogP contribution in [0.2, 0.25) is 15.1 Å². The minimum absolute atomic E-state index is 0.371. The lowest BCUT2D eigenvalue weighted by Gasteiger charge is -2.07. The zero-order valence-corrected chi connectivity index (χ0v) is 11.8. The molecule has 0 aliphatic carbocycles. The van der Waals surface area contributed by atoms with Crippen molar-refractivity contribution in [3.05, 3.63) is 51.5 Å². The number of nitrogen functional groups attached to an aromatic ring is 1. The van der Waals surface area contributed by atoms with Gasteiger partial charge < -0.3 is 5.73 Å². The number of halogens is 3. The quantitative estimate of drug-likeness (QED) is 0.715. The van der Waals surface area contributed by atoms with E-state index in [2.05, 4.69) is 4.98 Å². The Labute approximate surface area is 124 Å². The van der Waals surface area contributed by atoms with Gasteiger partial charge in [0.05, 0.1) is 26.8 Å². The number of nitrogens with two attached hydrogens (primary N) is 1. The normalized spacial score (nSPS) is 11.1. The largest absolute Gasteiger partial charge is 0.369 e. The fraction of sp³-hybridized carbons (Fsp3) is 0. The molecule has 0 aliphatic rings. The molecule has 0 saturated heterocycles. The van der Waals surface area contributed by atoms with E-state index >= 15 is 0 Å². The lowest BCUT2D eigenvalue weighted by molar-refractivity contribution is 1.11. The van der Waals surface area contributed by atoms with Gasteiger partial charge in [0.25, 0.3) is 0 Å². The minimum atomic E-state index is 0.371. The average molecular weight is 313 g/mol. The molecule has 3 aromatic rings. The standard InChI is InChI=1S/C13H8Cl3N3/c14-7-1-4-11-12(5-7)19(13(17)18-11)8-2-3-9(15)10(16)6-8/h1-6H,(H2,17,18). The van der Waals surface area contributed by atoms with Gasteiger partial charge in [-0.25, -0.2) is 4.98 Å². The molecule has 0 spiro atoms. The van der Waals surface area contributed by atoms with Crippen molar-refractivity contribution in [3.63, 3.8) is 0 Å². The Morgan fingerprint density at radius 1 is 0.947 bits per heavy atom. The molecule has 0 radical (unpaired) electrons. The van der Waals surface area contributed by atoms with Gasteiger partial charge in [0.1, 0.15) is 0 Å². The summed E-state index contributed by atoms with van der Waals surface area (Å²) in [6.07, 6.45) is 0. The highest BCUT2D eigenvalue weighted by atomic mass is 35.5. The summed E-state index contributed by atoms with van der Waals surface area (Å²) >= 11 is 18.0. The van der Waals surface area contributed by atoms with Crippen molar-refractivity contribution >= 4 is 51.8 Å². The average Bonchev–Trinajstić information content (AvgIpc) is 2.68. The number of imidazole rings is 1. The first-order valence-corrected chi connectivity index (χ1v) is 6.58. The van der Waals surface area contributed by atoms with Crippen LogP contribution in [0.5, 0.6) is 0 Å². The molecule has 6 heteroatoms. The maximum atomic E-state index is 6.03. The van der Waals surface area contributed by atoms with Gasteiger partial charge in [0.2, 0.25) is 5.95 Å². The number of anilines is 1. The zero-order chi connectivity index (χ0) is 13.6. The van der Waals surface area contributed by atoms with Crippen LogP contribution < -0.4 is 5.73 Å². The molecule has 0 fully saturated rings. The van der Waals surface area contributed by atoms with Crippen molar-refractivity contribution < 1.29 is 0 Å². The monoisotopic (exact) mass is 311 g/mol. The van der Waals surface area contributed by atoms with Crippen molar-refractivity contribution in [2.75, 3.05) is 5.73 Å². The summed E-state index contributed by atoms with van der Waals surface area (Å²) in [5.74, 6) is 0.371. The second-order valence-corrected chi connectivity index (χ2v) is 5.29. The number of rotatable bonds is 1. The van der Waals surface area contributed by atoms with Crippen molar-refractivity contribution in [3.8, 4) is 5.69 Å². The fourth-order valence-corrected chi connectivity index (χ4v) is 2.42. The third-order valence-corrected chi connectivity index (χ3v) is 3.78. The van der Waals surface area contributed by atoms with Crippen LogP contribution in [0.3, 0.4) is 0 Å². The molecule has 3 rings (SSSR count). The molecule has 3 nitrogen and oxygen atoms in total. The van der Waals surface area contributed by atoms with Gasteiger partial charge in [-0.15, -0.1) is 0 Å². The Hall–Kier alpha value is -1.42. The van der Waals surface area contributed by atoms with E-state index in [1.807, 2.05) is 18.2 Å². The molecule has 0 aliphatic heterocycles. The highest BCUT2D eigenvalue weighted by molar-refractivity contribution is 6.42. The Morgan fingerprint density at radius 2 is 1.74 bits per heavy atom. The number of aromatic nitrogens is 2. The first-order chi connectivity index (χ1) is 9.06. The number of hydrogen-bond acceptors (Lipinski definition) is 2. The van der Waals surface area contributed by atoms with E-state index in [1.165, 1.54) is 0 Å². The predicted octanol–water partition coefficient (Wildman–Crippen LogP) is 4.57. The molecule has 0 bridgehead atoms. The third kappa shape index (κ3) is 2.14. The van der Waals surface area contributed by atoms with E-state index in [1.54, 1.807) is 22.8 Å². The number of hydrogen-bond donors (Lipinski definition) is 1. The fourth-order valence-electron chi connectivity index (χ4n) is 1.96. The maximum Gasteiger partial charge on any atom is 0.205 e. The first-order valence-electron chi connectivity index (χ1n) is 5.45. The predicted molar refractivity (Wildman–Crippen MR) is 80.5 cm³/mol. The number of fused-ring (bicyclic) bond motifs is 1. The van der Waals surface area contributed by atoms with Crippen molar-refractivity contribution in [2.24, 2.45) is 0 Å². The topological polar surface area (TPSA) is 43.8 Å². The lowest BCUT2D eigenvalue weighted by Crippen LogP contribution is -2.00. The van der Waals surface area contributed by atoms with Crippen LogP contribution in [0.25, 0.3) is 16.7 Å². The molecule has 1 heterocycles. The summed E-state index contributed by atoms with van der Waals surface area (Å²) in [4.78, 5) is 4.29. The molecule has 0 unspecified atom stereocenters. The summed E-state index contributed by atoms with van der Waals surface area (Å²) in [7, 11) is 0. The smallest absolute Gasteiger partial charge is 0.205 e. The highest BCUT2D eigenvalue weighted by Crippen LogP contribution is 2.29. The minimum Gasteiger partial charge on any atom is -0.369 e. The maximum absolute atomic E-state index is 6.03. The van der Waals surface area contributed by atoms with Gasteiger partial charge in [0, 0.05) is 5.02 Å². The Balaban J connectivity index is 2.31. The first kappa shape index (κ1) is 12.6. The van der Waals surface area contributed by atoms with Crippen LogP contribution in [0.1, 0.15) is 0 Å². The van der Waals surface area contributed by atoms with Gasteiger partial charge in [-0.3, -0.25) is 4.57 Å². The van der Waals surface area contributed by atoms with Crippen LogP contribution >= 0.6 is 34.8 Å². The molecular formula is C13H8Cl3N3. The van der Waals surface area contributed by atoms with Crippen molar-refractivity contribution in [1.29, 1.82) is 0 Å². The Morgan fingerprint density at radius 3 is 2.47 bits per heavy atom. The molecule has 2 N–H and O–H groups in total. The molecule has 0 atom stereocenters. The summed E-state index contributed by atoms with van der Waals surface area (Å²) in [6.45, 7) is 0. The van der Waals surface area contributed by atoms with Crippen LogP contribution in [0.4, 0.5) is 5.95 Å². The molecule has 2 aromatic carbocycles. The lowest BCUT2D eigenvalue weighted by atomic mass is 10.3. The van der Waals surface area contributed by atoms with Gasteiger partial charge in [-0.1, -0.05) is 34.8 Å². The summed E-state index contributed by atoms with van der Waals surface area (Å²) < 4.78 is 1.78. The van der Waals surface area contributed by atoms with Crippen molar-refractivity contribution in [1.82, 2.24) is 9.55 Å². The van der Waals surface area contributed by atoms with Gasteiger partial charge in [0.15, 0.2) is 0 Å². The third-order valence-electron chi connectivity index (χ3n) is 2.80. The Kier molecular flexibility index (Phi) is 3.05. The highest BCUT2D eigenvalue weighted by Gasteiger charge is 2.11. The van der Waals surface area contributed by atoms with E-state index in [-0.39, 0.29) is 0 Å². The van der Waals surface area contributed by atoms with Crippen LogP contribution in [-0.4, -0.2) is 9.55 Å². The van der Waals surface area contributed by atoms with E-state index in [0.717, 1.165) is 16.7 Å². The molecule has 0 saturated carbocycles. The van der Waals surface area contributed by atoms with Crippen LogP contribution in [0.15, 0.2) is 36.4 Å². The van der Waals surface area contributed by atoms with Crippen molar-refractivity contribution in [2.45, 2.75) is 0 Å². The second-order valence-electron chi connectivity index (χ2n) is 4.04. The summed E-state index contributed by atoms with van der Waals surface area (Å²) in [5, 5.41) is 1.57. The van der Waals surface area contributed by atoms with Gasteiger partial charge in [-0.05, 0) is 36.4 Å². The molecular weight excluding hydrogens is 305 g/mol. The zero-order valence-electron chi connectivity index (χ0n) is 9.57. The SMILES string of the molecule is Nc1nc2ccc(Cl)cc2n1-c1ccc(Cl)c(Cl)c1. The Bertz CT molecular complexity index is 780. The number of benzene rings is 2. The molecule has 19 heavy (non-hydrogen) atoms. The van der Waals surface area contributed by atoms with Crippen LogP contribution in [-0.2, 0) is 0 Å². The second kappa shape index (κ2) is 4.60. The van der Waals surface area contributed by atoms with E-state index < -0.39 is 0 Å². The van der Waals surface area contributed by atoms with Crippen LogP contribution in [0, 0.1) is 0 Å². The van der Waals surface area contributed by atoms with Gasteiger partial charge in [-0.2, -0.15) is 0 Å². The molecule has 96 valence electrons. The summed E-state index contributed by atoms with van der Waals surface area (Å²) in [6, 6.07) is 10.7. The summed E-state index contributed by atoms with van der Waals surface area (Å²) in [5.41, 5.74) is 8.34.